The molecule has 118 valence electrons. The summed E-state index contributed by atoms with van der Waals surface area (Å²) in [5.41, 5.74) is 1.53. The van der Waals surface area contributed by atoms with Gasteiger partial charge in [-0.15, -0.1) is 0 Å². The van der Waals surface area contributed by atoms with E-state index in [1.54, 1.807) is 19.2 Å². The fourth-order valence-corrected chi connectivity index (χ4v) is 1.91. The van der Waals surface area contributed by atoms with Crippen LogP contribution in [0.1, 0.15) is 11.1 Å². The molecule has 0 saturated heterocycles. The van der Waals surface area contributed by atoms with Gasteiger partial charge in [0.15, 0.2) is 0 Å². The topological polar surface area (TPSA) is 81.5 Å². The van der Waals surface area contributed by atoms with Crippen molar-refractivity contribution in [2.45, 2.75) is 6.54 Å². The lowest BCUT2D eigenvalue weighted by Crippen LogP contribution is -2.20. The number of methoxy groups -OCH3 is 1. The molecule has 6 nitrogen and oxygen atoms in total. The van der Waals surface area contributed by atoms with Crippen LogP contribution < -0.4 is 10.1 Å². The third-order valence-corrected chi connectivity index (χ3v) is 3.13. The fourth-order valence-electron chi connectivity index (χ4n) is 1.91. The van der Waals surface area contributed by atoms with Crippen LogP contribution in [0.15, 0.2) is 54.6 Å². The second-order valence-electron chi connectivity index (χ2n) is 4.75. The highest BCUT2D eigenvalue weighted by Gasteiger charge is 2.04. The number of carbonyl (C=O) groups is 1. The Morgan fingerprint density at radius 1 is 1.26 bits per heavy atom. The molecule has 6 heteroatoms. The minimum Gasteiger partial charge on any atom is -0.497 e. The highest BCUT2D eigenvalue weighted by Crippen LogP contribution is 2.14. The molecule has 0 heterocycles. The van der Waals surface area contributed by atoms with Crippen molar-refractivity contribution in [2.24, 2.45) is 0 Å². The van der Waals surface area contributed by atoms with E-state index in [9.17, 15) is 14.9 Å². The van der Waals surface area contributed by atoms with Crippen LogP contribution in [-0.4, -0.2) is 17.9 Å². The highest BCUT2D eigenvalue weighted by atomic mass is 16.6. The van der Waals surface area contributed by atoms with E-state index < -0.39 is 4.92 Å². The first kappa shape index (κ1) is 16.2. The monoisotopic (exact) mass is 312 g/mol. The molecular weight excluding hydrogens is 296 g/mol. The number of benzene rings is 2. The number of rotatable bonds is 6. The molecule has 0 spiro atoms. The van der Waals surface area contributed by atoms with Gasteiger partial charge in [0.2, 0.25) is 5.91 Å². The lowest BCUT2D eigenvalue weighted by atomic mass is 10.2. The summed E-state index contributed by atoms with van der Waals surface area (Å²) in [6.07, 6.45) is 2.89. The Hall–Kier alpha value is -3.15. The zero-order valence-corrected chi connectivity index (χ0v) is 12.6. The number of nitrogens with one attached hydrogen (secondary N) is 1. The fraction of sp³-hybridized carbons (Fsp3) is 0.118. The van der Waals surface area contributed by atoms with E-state index in [-0.39, 0.29) is 11.6 Å². The van der Waals surface area contributed by atoms with E-state index in [0.717, 1.165) is 11.3 Å². The average Bonchev–Trinajstić information content (AvgIpc) is 2.58. The lowest BCUT2D eigenvalue weighted by molar-refractivity contribution is -0.384. The Bertz CT molecular complexity index is 724. The van der Waals surface area contributed by atoms with Crippen molar-refractivity contribution in [3.05, 3.63) is 75.8 Å². The number of nitro groups is 1. The number of hydrogen-bond donors (Lipinski definition) is 1. The normalized spacial score (nSPS) is 10.5. The average molecular weight is 312 g/mol. The lowest BCUT2D eigenvalue weighted by Gasteiger charge is -2.04. The largest absolute Gasteiger partial charge is 0.497 e. The smallest absolute Gasteiger partial charge is 0.270 e. The Labute approximate surface area is 133 Å². The van der Waals surface area contributed by atoms with Crippen molar-refractivity contribution in [2.75, 3.05) is 7.11 Å². The number of nitrogens with zero attached hydrogens (tertiary/aromatic N) is 1. The first-order chi connectivity index (χ1) is 11.1. The van der Waals surface area contributed by atoms with Crippen molar-refractivity contribution in [1.29, 1.82) is 0 Å². The number of nitro benzene ring substituents is 1. The molecule has 0 radical (unpaired) electrons. The van der Waals surface area contributed by atoms with Gasteiger partial charge in [-0.25, -0.2) is 0 Å². The Morgan fingerprint density at radius 3 is 2.65 bits per heavy atom. The molecule has 0 unspecified atom stereocenters. The van der Waals surface area contributed by atoms with E-state index >= 15 is 0 Å². The van der Waals surface area contributed by atoms with Gasteiger partial charge >= 0.3 is 0 Å². The van der Waals surface area contributed by atoms with E-state index in [4.69, 9.17) is 4.74 Å². The van der Waals surface area contributed by atoms with Crippen molar-refractivity contribution in [3.63, 3.8) is 0 Å². The van der Waals surface area contributed by atoms with Gasteiger partial charge in [-0.1, -0.05) is 24.3 Å². The maximum absolute atomic E-state index is 11.8. The summed E-state index contributed by atoms with van der Waals surface area (Å²) in [6.45, 7) is 0.391. The summed E-state index contributed by atoms with van der Waals surface area (Å²) in [7, 11) is 1.59. The number of carbonyl (C=O) groups excluding carboxylic acids is 1. The standard InChI is InChI=1S/C17H16N2O4/c1-23-16-8-5-14(6-9-16)12-18-17(20)10-7-13-3-2-4-15(11-13)19(21)22/h2-11H,12H2,1H3,(H,18,20). The van der Waals surface area contributed by atoms with Crippen molar-refractivity contribution >= 4 is 17.7 Å². The SMILES string of the molecule is COc1ccc(CNC(=O)C=Cc2cccc([N+](=O)[O-])c2)cc1. The highest BCUT2D eigenvalue weighted by molar-refractivity contribution is 5.91. The van der Waals surface area contributed by atoms with E-state index in [0.29, 0.717) is 12.1 Å². The van der Waals surface area contributed by atoms with Crippen LogP contribution in [0.25, 0.3) is 6.08 Å². The predicted molar refractivity (Wildman–Crippen MR) is 87.0 cm³/mol. The van der Waals surface area contributed by atoms with Gasteiger partial charge in [0.1, 0.15) is 5.75 Å². The second kappa shape index (κ2) is 7.74. The van der Waals surface area contributed by atoms with Crippen molar-refractivity contribution in [1.82, 2.24) is 5.32 Å². The van der Waals surface area contributed by atoms with Gasteiger partial charge in [-0.3, -0.25) is 14.9 Å². The van der Waals surface area contributed by atoms with Crippen molar-refractivity contribution < 1.29 is 14.5 Å². The first-order valence-corrected chi connectivity index (χ1v) is 6.92. The molecule has 0 aliphatic carbocycles. The van der Waals surface area contributed by atoms with Crippen LogP contribution in [0, 0.1) is 10.1 Å². The van der Waals surface area contributed by atoms with Gasteiger partial charge in [-0.2, -0.15) is 0 Å². The van der Waals surface area contributed by atoms with Crippen molar-refractivity contribution in [3.8, 4) is 5.75 Å². The molecular formula is C17H16N2O4. The molecule has 0 aliphatic rings. The summed E-state index contributed by atoms with van der Waals surface area (Å²) >= 11 is 0. The predicted octanol–water partition coefficient (Wildman–Crippen LogP) is 2.93. The van der Waals surface area contributed by atoms with E-state index in [2.05, 4.69) is 5.32 Å². The summed E-state index contributed by atoms with van der Waals surface area (Å²) in [4.78, 5) is 22.0. The molecule has 0 bridgehead atoms. The van der Waals surface area contributed by atoms with E-state index in [1.165, 1.54) is 24.3 Å². The Balaban J connectivity index is 1.91. The first-order valence-electron chi connectivity index (χ1n) is 6.92. The molecule has 0 saturated carbocycles. The molecule has 0 fully saturated rings. The molecule has 0 atom stereocenters. The van der Waals surface area contributed by atoms with Gasteiger partial charge in [-0.05, 0) is 29.3 Å². The number of ether oxygens (including phenoxy) is 1. The number of non-ortho nitro benzene ring substituents is 1. The van der Waals surface area contributed by atoms with Gasteiger partial charge < -0.3 is 10.1 Å². The zero-order valence-electron chi connectivity index (χ0n) is 12.6. The minimum absolute atomic E-state index is 0.00853. The maximum Gasteiger partial charge on any atom is 0.270 e. The van der Waals surface area contributed by atoms with Gasteiger partial charge in [0, 0.05) is 24.8 Å². The maximum atomic E-state index is 11.8. The van der Waals surface area contributed by atoms with Gasteiger partial charge in [0.25, 0.3) is 5.69 Å². The molecule has 1 amide bonds. The molecule has 23 heavy (non-hydrogen) atoms. The van der Waals surface area contributed by atoms with Crippen LogP contribution in [0.3, 0.4) is 0 Å². The molecule has 0 aliphatic heterocycles. The van der Waals surface area contributed by atoms with E-state index in [1.807, 2.05) is 24.3 Å². The summed E-state index contributed by atoms with van der Waals surface area (Å²) in [5.74, 6) is 0.484. The number of amides is 1. The summed E-state index contributed by atoms with van der Waals surface area (Å²) in [6, 6.07) is 13.5. The molecule has 1 N–H and O–H groups in total. The zero-order chi connectivity index (χ0) is 16.7. The molecule has 2 aromatic carbocycles. The Morgan fingerprint density at radius 2 is 2.00 bits per heavy atom. The van der Waals surface area contributed by atoms with Crippen LogP contribution in [-0.2, 0) is 11.3 Å². The van der Waals surface area contributed by atoms with Crippen LogP contribution in [0.5, 0.6) is 5.75 Å². The van der Waals surface area contributed by atoms with Gasteiger partial charge in [0.05, 0.1) is 12.0 Å². The Kier molecular flexibility index (Phi) is 5.46. The molecule has 2 rings (SSSR count). The molecule has 0 aromatic heterocycles. The molecule has 2 aromatic rings. The van der Waals surface area contributed by atoms with Crippen LogP contribution >= 0.6 is 0 Å². The van der Waals surface area contributed by atoms with Crippen LogP contribution in [0.2, 0.25) is 0 Å². The third kappa shape index (κ3) is 4.96. The summed E-state index contributed by atoms with van der Waals surface area (Å²) < 4.78 is 5.06. The summed E-state index contributed by atoms with van der Waals surface area (Å²) in [5, 5.41) is 13.4. The minimum atomic E-state index is -0.471. The second-order valence-corrected chi connectivity index (χ2v) is 4.75. The third-order valence-electron chi connectivity index (χ3n) is 3.13. The van der Waals surface area contributed by atoms with Crippen LogP contribution in [0.4, 0.5) is 5.69 Å². The quantitative estimate of drug-likeness (QED) is 0.505. The number of hydrogen-bond acceptors (Lipinski definition) is 4.